The molecule has 3 N–H and O–H groups in total. The summed E-state index contributed by atoms with van der Waals surface area (Å²) in [4.78, 5) is 9.36. The average Bonchev–Trinajstić information content (AvgIpc) is 3.55. The van der Waals surface area contributed by atoms with Crippen LogP contribution in [0.3, 0.4) is 0 Å². The third-order valence-corrected chi connectivity index (χ3v) is 6.85. The van der Waals surface area contributed by atoms with Gasteiger partial charge in [-0.15, -0.1) is 0 Å². The zero-order valence-corrected chi connectivity index (χ0v) is 19.3. The van der Waals surface area contributed by atoms with E-state index >= 15 is 0 Å². The van der Waals surface area contributed by atoms with E-state index < -0.39 is 37.3 Å². The van der Waals surface area contributed by atoms with Crippen LogP contribution in [-0.4, -0.2) is 79.7 Å². The number of aliphatic hydroxyl groups is 3. The van der Waals surface area contributed by atoms with Crippen molar-refractivity contribution in [1.29, 1.82) is 0 Å². The smallest absolute Gasteiger partial charge is 0.227 e. The molecule has 5 atom stereocenters. The number of imidazole rings is 1. The molecule has 2 aromatic heterocycles. The molecule has 10 heteroatoms. The molecular weight excluding hydrogens is 452 g/mol. The molecule has 0 aliphatic carbocycles. The number of aryl methyl sites for hydroxylation is 1. The maximum atomic E-state index is 10.5. The molecule has 0 saturated carbocycles. The Labute approximate surface area is 200 Å². The molecule has 0 bridgehead atoms. The molecule has 2 aliphatic heterocycles. The van der Waals surface area contributed by atoms with Crippen molar-refractivity contribution in [2.45, 2.75) is 37.2 Å². The van der Waals surface area contributed by atoms with Crippen molar-refractivity contribution in [2.24, 2.45) is 12.0 Å². The average molecular weight is 479 g/mol. The van der Waals surface area contributed by atoms with Crippen molar-refractivity contribution >= 4 is 27.8 Å². The lowest BCUT2D eigenvalue weighted by Gasteiger charge is -2.36. The largest absolute Gasteiger partial charge is 0.497 e. The van der Waals surface area contributed by atoms with Gasteiger partial charge in [0.05, 0.1) is 42.4 Å². The summed E-state index contributed by atoms with van der Waals surface area (Å²) in [5, 5.41) is 31.1. The quantitative estimate of drug-likeness (QED) is 0.393. The van der Waals surface area contributed by atoms with Gasteiger partial charge in [-0.3, -0.25) is 0 Å². The van der Waals surface area contributed by atoms with E-state index in [0.29, 0.717) is 18.2 Å². The van der Waals surface area contributed by atoms with Crippen LogP contribution < -0.4 is 4.74 Å². The number of ether oxygens (including phenoxy) is 3. The summed E-state index contributed by atoms with van der Waals surface area (Å²) < 4.78 is 21.2. The SMILES string of the molecule is COc1ccc2c(C3=N[C@@H]4C(O)[C@H](O)C(CO)O[C@@H]4O3)cn(Cc3nc4ccccc4n3C)c2c1. The summed E-state index contributed by atoms with van der Waals surface area (Å²) in [5.74, 6) is 1.90. The second kappa shape index (κ2) is 8.35. The van der Waals surface area contributed by atoms with Crippen molar-refractivity contribution in [3.8, 4) is 5.75 Å². The number of fused-ring (bicyclic) bond motifs is 3. The summed E-state index contributed by atoms with van der Waals surface area (Å²) in [6.45, 7) is 0.0661. The number of aliphatic imine (C=N–C) groups is 1. The fourth-order valence-electron chi connectivity index (χ4n) is 4.90. The second-order valence-corrected chi connectivity index (χ2v) is 8.88. The number of nitrogens with zero attached hydrogens (tertiary/aromatic N) is 4. The van der Waals surface area contributed by atoms with Crippen molar-refractivity contribution in [3.63, 3.8) is 0 Å². The minimum absolute atomic E-state index is 0.309. The Morgan fingerprint density at radius 2 is 1.91 bits per heavy atom. The Bertz CT molecular complexity index is 1440. The maximum Gasteiger partial charge on any atom is 0.227 e. The molecule has 35 heavy (non-hydrogen) atoms. The summed E-state index contributed by atoms with van der Waals surface area (Å²) in [6.07, 6.45) is -2.36. The van der Waals surface area contributed by atoms with Gasteiger partial charge in [0.25, 0.3) is 0 Å². The van der Waals surface area contributed by atoms with Gasteiger partial charge in [0.15, 0.2) is 0 Å². The lowest BCUT2D eigenvalue weighted by molar-refractivity contribution is -0.234. The number of aromatic nitrogens is 3. The molecule has 4 aromatic rings. The molecule has 10 nitrogen and oxygen atoms in total. The molecular formula is C25H26N4O6. The predicted octanol–water partition coefficient (Wildman–Crippen LogP) is 1.17. The van der Waals surface area contributed by atoms with Gasteiger partial charge in [0, 0.05) is 24.7 Å². The maximum absolute atomic E-state index is 10.5. The van der Waals surface area contributed by atoms with E-state index in [9.17, 15) is 15.3 Å². The molecule has 1 fully saturated rings. The molecule has 1 saturated heterocycles. The molecule has 0 amide bonds. The lowest BCUT2D eigenvalue weighted by Crippen LogP contribution is -2.56. The molecule has 6 rings (SSSR count). The number of hydrogen-bond acceptors (Lipinski definition) is 8. The van der Waals surface area contributed by atoms with Crippen LogP contribution >= 0.6 is 0 Å². The summed E-state index contributed by atoms with van der Waals surface area (Å²) in [6, 6.07) is 12.9. The fraction of sp³-hybridized carbons (Fsp3) is 0.360. The number of aliphatic hydroxyl groups excluding tert-OH is 3. The van der Waals surface area contributed by atoms with Crippen molar-refractivity contribution in [2.75, 3.05) is 13.7 Å². The van der Waals surface area contributed by atoms with E-state index in [1.54, 1.807) is 7.11 Å². The fourth-order valence-corrected chi connectivity index (χ4v) is 4.90. The first-order valence-corrected chi connectivity index (χ1v) is 11.4. The summed E-state index contributed by atoms with van der Waals surface area (Å²) in [5.41, 5.74) is 3.60. The molecule has 0 radical (unpaired) electrons. The third-order valence-electron chi connectivity index (χ3n) is 6.85. The van der Waals surface area contributed by atoms with E-state index in [1.165, 1.54) is 0 Å². The standard InChI is InChI=1S/C25H26N4O6/c1-28-17-6-4-3-5-16(17)26-20(28)11-29-10-15(14-8-7-13(33-2)9-18(14)29)24-27-21-23(32)22(31)19(12-30)34-25(21)35-24/h3-10,19,21-23,25,30-32H,11-12H2,1-2H3/t19?,21-,22-,23?,25-/m1/s1. The van der Waals surface area contributed by atoms with Gasteiger partial charge in [-0.05, 0) is 24.3 Å². The van der Waals surface area contributed by atoms with Gasteiger partial charge in [0.2, 0.25) is 12.2 Å². The summed E-state index contributed by atoms with van der Waals surface area (Å²) >= 11 is 0. The first-order valence-electron chi connectivity index (χ1n) is 11.4. The predicted molar refractivity (Wildman–Crippen MR) is 127 cm³/mol. The van der Waals surface area contributed by atoms with Crippen LogP contribution in [0.15, 0.2) is 53.7 Å². The minimum atomic E-state index is -1.25. The second-order valence-electron chi connectivity index (χ2n) is 8.88. The van der Waals surface area contributed by atoms with Gasteiger partial charge in [-0.2, -0.15) is 0 Å². The minimum Gasteiger partial charge on any atom is -0.497 e. The highest BCUT2D eigenvalue weighted by Crippen LogP contribution is 2.34. The van der Waals surface area contributed by atoms with E-state index in [2.05, 4.69) is 14.1 Å². The van der Waals surface area contributed by atoms with Gasteiger partial charge >= 0.3 is 0 Å². The topological polar surface area (TPSA) is 123 Å². The highest BCUT2D eigenvalue weighted by Gasteiger charge is 2.49. The van der Waals surface area contributed by atoms with Gasteiger partial charge < -0.3 is 38.7 Å². The number of rotatable bonds is 5. The van der Waals surface area contributed by atoms with Crippen molar-refractivity contribution < 1.29 is 29.5 Å². The Kier molecular flexibility index (Phi) is 5.26. The molecule has 182 valence electrons. The van der Waals surface area contributed by atoms with E-state index in [1.807, 2.05) is 55.7 Å². The molecule has 0 spiro atoms. The normalized spacial score (nSPS) is 26.1. The highest BCUT2D eigenvalue weighted by atomic mass is 16.7. The zero-order chi connectivity index (χ0) is 24.3. The van der Waals surface area contributed by atoms with Crippen molar-refractivity contribution in [1.82, 2.24) is 14.1 Å². The van der Waals surface area contributed by atoms with Gasteiger partial charge in [-0.25, -0.2) is 9.98 Å². The first kappa shape index (κ1) is 22.1. The monoisotopic (exact) mass is 478 g/mol. The van der Waals surface area contributed by atoms with Crippen LogP contribution in [0.25, 0.3) is 21.9 Å². The number of methoxy groups -OCH3 is 1. The number of benzene rings is 2. The molecule has 2 aromatic carbocycles. The van der Waals surface area contributed by atoms with Crippen LogP contribution in [0, 0.1) is 0 Å². The highest BCUT2D eigenvalue weighted by molar-refractivity contribution is 6.08. The zero-order valence-electron chi connectivity index (χ0n) is 19.3. The van der Waals surface area contributed by atoms with E-state index in [-0.39, 0.29) is 0 Å². The summed E-state index contributed by atoms with van der Waals surface area (Å²) in [7, 11) is 3.62. The van der Waals surface area contributed by atoms with Gasteiger partial charge in [-0.1, -0.05) is 12.1 Å². The van der Waals surface area contributed by atoms with Crippen LogP contribution in [0.2, 0.25) is 0 Å². The molecule has 4 heterocycles. The van der Waals surface area contributed by atoms with Crippen LogP contribution in [0.4, 0.5) is 0 Å². The Morgan fingerprint density at radius 3 is 2.69 bits per heavy atom. The molecule has 2 unspecified atom stereocenters. The molecule has 2 aliphatic rings. The Hall–Kier alpha value is -3.44. The van der Waals surface area contributed by atoms with Crippen LogP contribution in [-0.2, 0) is 23.1 Å². The number of hydrogen-bond donors (Lipinski definition) is 3. The Balaban J connectivity index is 1.42. The third kappa shape index (κ3) is 3.49. The lowest BCUT2D eigenvalue weighted by atomic mass is 9.98. The van der Waals surface area contributed by atoms with Crippen LogP contribution in [0.5, 0.6) is 5.75 Å². The van der Waals surface area contributed by atoms with E-state index in [4.69, 9.17) is 19.2 Å². The van der Waals surface area contributed by atoms with Crippen LogP contribution in [0.1, 0.15) is 11.4 Å². The number of para-hydroxylation sites is 2. The van der Waals surface area contributed by atoms with Gasteiger partial charge in [0.1, 0.15) is 35.9 Å². The first-order chi connectivity index (χ1) is 17.0. The Morgan fingerprint density at radius 1 is 1.09 bits per heavy atom. The van der Waals surface area contributed by atoms with E-state index in [0.717, 1.165) is 33.3 Å². The van der Waals surface area contributed by atoms with Crippen molar-refractivity contribution in [3.05, 3.63) is 60.0 Å².